The van der Waals surface area contributed by atoms with Crippen LogP contribution in [0.5, 0.6) is 0 Å². The highest BCUT2D eigenvalue weighted by Gasteiger charge is 2.21. The van der Waals surface area contributed by atoms with Gasteiger partial charge in [0.25, 0.3) is 5.91 Å². The molecule has 0 saturated heterocycles. The summed E-state index contributed by atoms with van der Waals surface area (Å²) < 4.78 is 31.5. The van der Waals surface area contributed by atoms with Gasteiger partial charge in [-0.3, -0.25) is 4.79 Å². The minimum Gasteiger partial charge on any atom is -0.452 e. The zero-order valence-corrected chi connectivity index (χ0v) is 18.0. The number of hydrogen-bond donors (Lipinski definition) is 1. The van der Waals surface area contributed by atoms with E-state index < -0.39 is 28.5 Å². The second-order valence-electron chi connectivity index (χ2n) is 7.08. The molecule has 0 aliphatic heterocycles. The van der Waals surface area contributed by atoms with Gasteiger partial charge < -0.3 is 10.1 Å². The summed E-state index contributed by atoms with van der Waals surface area (Å²) in [6, 6.07) is 11.4. The second kappa shape index (κ2) is 9.40. The van der Waals surface area contributed by atoms with Crippen LogP contribution in [0.25, 0.3) is 0 Å². The molecule has 7 nitrogen and oxygen atoms in total. The first kappa shape index (κ1) is 22.0. The lowest BCUT2D eigenvalue weighted by Crippen LogP contribution is -2.30. The maximum Gasteiger partial charge on any atom is 0.338 e. The summed E-state index contributed by atoms with van der Waals surface area (Å²) >= 11 is 0. The summed E-state index contributed by atoms with van der Waals surface area (Å²) in [5, 5.41) is 2.60. The van der Waals surface area contributed by atoms with Gasteiger partial charge >= 0.3 is 5.97 Å². The number of amides is 1. The molecule has 0 saturated carbocycles. The molecule has 160 valence electrons. The van der Waals surface area contributed by atoms with Crippen LogP contribution in [0, 0.1) is 0 Å². The number of sulfonamides is 1. The Kier molecular flexibility index (Phi) is 6.89. The third kappa shape index (κ3) is 4.88. The lowest BCUT2D eigenvalue weighted by atomic mass is 10.1. The van der Waals surface area contributed by atoms with Gasteiger partial charge in [0.1, 0.15) is 0 Å². The number of rotatable bonds is 8. The molecule has 0 atom stereocenters. The van der Waals surface area contributed by atoms with E-state index in [0.717, 1.165) is 24.8 Å². The average Bonchev–Trinajstić information content (AvgIpc) is 3.21. The maximum atomic E-state index is 12.5. The zero-order chi connectivity index (χ0) is 21.7. The standard InChI is InChI=1S/C22H26N2O5S/c1-3-24(4-2)30(27,28)20-12-10-19(11-13-20)23-21(25)15-29-22(26)18-9-8-16-6-5-7-17(16)14-18/h8-14H,3-7,15H2,1-2H3,(H,23,25). The van der Waals surface area contributed by atoms with Crippen molar-refractivity contribution in [3.05, 3.63) is 59.2 Å². The van der Waals surface area contributed by atoms with Crippen molar-refractivity contribution in [2.45, 2.75) is 38.0 Å². The molecule has 30 heavy (non-hydrogen) atoms. The van der Waals surface area contributed by atoms with E-state index in [9.17, 15) is 18.0 Å². The van der Waals surface area contributed by atoms with Gasteiger partial charge in [-0.25, -0.2) is 13.2 Å². The highest BCUT2D eigenvalue weighted by Crippen LogP contribution is 2.23. The van der Waals surface area contributed by atoms with E-state index in [2.05, 4.69) is 5.32 Å². The second-order valence-corrected chi connectivity index (χ2v) is 9.01. The van der Waals surface area contributed by atoms with Gasteiger partial charge in [0.05, 0.1) is 10.5 Å². The van der Waals surface area contributed by atoms with Crippen molar-refractivity contribution in [2.24, 2.45) is 0 Å². The Labute approximate surface area is 177 Å². The van der Waals surface area contributed by atoms with Crippen LogP contribution in [0.3, 0.4) is 0 Å². The average molecular weight is 431 g/mol. The van der Waals surface area contributed by atoms with Gasteiger partial charge in [0.2, 0.25) is 10.0 Å². The van der Waals surface area contributed by atoms with E-state index in [1.165, 1.54) is 34.1 Å². The quantitative estimate of drug-likeness (QED) is 0.650. The number of carbonyl (C=O) groups excluding carboxylic acids is 2. The van der Waals surface area contributed by atoms with E-state index in [1.807, 2.05) is 12.1 Å². The molecule has 2 aromatic rings. The fourth-order valence-electron chi connectivity index (χ4n) is 3.53. The molecule has 0 bridgehead atoms. The molecule has 1 aliphatic carbocycles. The first-order chi connectivity index (χ1) is 14.3. The molecule has 2 aromatic carbocycles. The van der Waals surface area contributed by atoms with Crippen LogP contribution < -0.4 is 5.32 Å². The number of ether oxygens (including phenoxy) is 1. The number of carbonyl (C=O) groups is 2. The minimum atomic E-state index is -3.55. The minimum absolute atomic E-state index is 0.159. The number of hydrogen-bond acceptors (Lipinski definition) is 5. The van der Waals surface area contributed by atoms with Gasteiger partial charge in [-0.15, -0.1) is 0 Å². The van der Waals surface area contributed by atoms with Crippen LogP contribution in [0.15, 0.2) is 47.4 Å². The highest BCUT2D eigenvalue weighted by atomic mass is 32.2. The fourth-order valence-corrected chi connectivity index (χ4v) is 4.99. The summed E-state index contributed by atoms with van der Waals surface area (Å²) in [5.74, 6) is -1.04. The number of nitrogens with one attached hydrogen (secondary N) is 1. The largest absolute Gasteiger partial charge is 0.452 e. The van der Waals surface area contributed by atoms with Gasteiger partial charge in [0, 0.05) is 18.8 Å². The van der Waals surface area contributed by atoms with Gasteiger partial charge in [-0.2, -0.15) is 4.31 Å². The maximum absolute atomic E-state index is 12.5. The van der Waals surface area contributed by atoms with Crippen LogP contribution >= 0.6 is 0 Å². The van der Waals surface area contributed by atoms with Crippen LogP contribution in [-0.2, 0) is 32.4 Å². The molecule has 1 N–H and O–H groups in total. The van der Waals surface area contributed by atoms with Gasteiger partial charge in [-0.1, -0.05) is 19.9 Å². The molecule has 3 rings (SSSR count). The first-order valence-electron chi connectivity index (χ1n) is 10.0. The Morgan fingerprint density at radius 3 is 2.33 bits per heavy atom. The Morgan fingerprint density at radius 2 is 1.67 bits per heavy atom. The van der Waals surface area contributed by atoms with E-state index in [-0.39, 0.29) is 4.90 Å². The molecule has 0 radical (unpaired) electrons. The molecule has 0 spiro atoms. The zero-order valence-electron chi connectivity index (χ0n) is 17.2. The molecule has 0 aromatic heterocycles. The van der Waals surface area contributed by atoms with Crippen LogP contribution in [-0.4, -0.2) is 44.3 Å². The third-order valence-corrected chi connectivity index (χ3v) is 7.21. The van der Waals surface area contributed by atoms with Crippen molar-refractivity contribution in [3.8, 4) is 0 Å². The molecular weight excluding hydrogens is 404 g/mol. The number of aryl methyl sites for hydroxylation is 2. The van der Waals surface area contributed by atoms with E-state index >= 15 is 0 Å². The summed E-state index contributed by atoms with van der Waals surface area (Å²) in [6.07, 6.45) is 3.07. The van der Waals surface area contributed by atoms with Crippen molar-refractivity contribution in [3.63, 3.8) is 0 Å². The Balaban J connectivity index is 1.55. The summed E-state index contributed by atoms with van der Waals surface area (Å²) in [6.45, 7) is 3.90. The number of benzene rings is 2. The molecular formula is C22H26N2O5S. The topological polar surface area (TPSA) is 92.8 Å². The van der Waals surface area contributed by atoms with E-state index in [1.54, 1.807) is 19.9 Å². The van der Waals surface area contributed by atoms with Gasteiger partial charge in [0.15, 0.2) is 6.61 Å². The number of anilines is 1. The van der Waals surface area contributed by atoms with Crippen LogP contribution in [0.2, 0.25) is 0 Å². The number of esters is 1. The molecule has 8 heteroatoms. The SMILES string of the molecule is CCN(CC)S(=O)(=O)c1ccc(NC(=O)COC(=O)c2ccc3c(c2)CCC3)cc1. The summed E-state index contributed by atoms with van der Waals surface area (Å²) in [5.41, 5.74) is 3.28. The summed E-state index contributed by atoms with van der Waals surface area (Å²) in [4.78, 5) is 24.5. The predicted molar refractivity (Wildman–Crippen MR) is 114 cm³/mol. The smallest absolute Gasteiger partial charge is 0.338 e. The van der Waals surface area contributed by atoms with Crippen molar-refractivity contribution in [1.82, 2.24) is 4.31 Å². The predicted octanol–water partition coefficient (Wildman–Crippen LogP) is 3.00. The fraction of sp³-hybridized carbons (Fsp3) is 0.364. The monoisotopic (exact) mass is 430 g/mol. The molecule has 1 amide bonds. The Morgan fingerprint density at radius 1 is 1.00 bits per heavy atom. The third-order valence-electron chi connectivity index (χ3n) is 5.15. The lowest BCUT2D eigenvalue weighted by Gasteiger charge is -2.18. The van der Waals surface area contributed by atoms with Crippen molar-refractivity contribution in [1.29, 1.82) is 0 Å². The number of nitrogens with zero attached hydrogens (tertiary/aromatic N) is 1. The Bertz CT molecular complexity index is 1030. The van der Waals surface area contributed by atoms with E-state index in [0.29, 0.717) is 24.3 Å². The van der Waals surface area contributed by atoms with E-state index in [4.69, 9.17) is 4.74 Å². The molecule has 1 aliphatic rings. The first-order valence-corrected chi connectivity index (χ1v) is 11.5. The van der Waals surface area contributed by atoms with Crippen molar-refractivity contribution >= 4 is 27.6 Å². The van der Waals surface area contributed by atoms with Crippen molar-refractivity contribution in [2.75, 3.05) is 25.0 Å². The normalized spacial score (nSPS) is 13.2. The van der Waals surface area contributed by atoms with Crippen molar-refractivity contribution < 1.29 is 22.7 Å². The Hall–Kier alpha value is -2.71. The molecule has 0 heterocycles. The summed E-state index contributed by atoms with van der Waals surface area (Å²) in [7, 11) is -3.55. The molecule has 0 fully saturated rings. The molecule has 0 unspecified atom stereocenters. The van der Waals surface area contributed by atoms with Crippen LogP contribution in [0.4, 0.5) is 5.69 Å². The highest BCUT2D eigenvalue weighted by molar-refractivity contribution is 7.89. The van der Waals surface area contributed by atoms with Gasteiger partial charge in [-0.05, 0) is 66.8 Å². The lowest BCUT2D eigenvalue weighted by molar-refractivity contribution is -0.119. The van der Waals surface area contributed by atoms with Crippen LogP contribution in [0.1, 0.15) is 41.8 Å². The number of fused-ring (bicyclic) bond motifs is 1.